The van der Waals surface area contributed by atoms with Gasteiger partial charge in [-0.25, -0.2) is 4.79 Å². The first kappa shape index (κ1) is 13.0. The Morgan fingerprint density at radius 3 is 2.31 bits per heavy atom. The molecule has 1 aliphatic rings. The molecule has 16 heavy (non-hydrogen) atoms. The summed E-state index contributed by atoms with van der Waals surface area (Å²) in [5, 5.41) is 8.79. The van der Waals surface area contributed by atoms with Crippen LogP contribution in [-0.2, 0) is 9.53 Å². The molecule has 0 aromatic heterocycles. The van der Waals surface area contributed by atoms with Crippen molar-refractivity contribution in [2.45, 2.75) is 31.7 Å². The van der Waals surface area contributed by atoms with Crippen LogP contribution in [0.2, 0.25) is 0 Å². The normalized spacial score (nSPS) is 39.7. The summed E-state index contributed by atoms with van der Waals surface area (Å²) in [7, 11) is 0. The van der Waals surface area contributed by atoms with Crippen LogP contribution in [0.25, 0.3) is 0 Å². The van der Waals surface area contributed by atoms with Crippen LogP contribution in [0.15, 0.2) is 12.7 Å². The predicted octanol–water partition coefficient (Wildman–Crippen LogP) is 2.23. The second kappa shape index (κ2) is 3.76. The molecule has 1 saturated heterocycles. The lowest BCUT2D eigenvalue weighted by Gasteiger charge is -2.31. The molecule has 0 bridgehead atoms. The maximum Gasteiger partial charge on any atom is 0.417 e. The summed E-state index contributed by atoms with van der Waals surface area (Å²) in [6.45, 7) is 5.56. The fourth-order valence-corrected chi connectivity index (χ4v) is 1.95. The summed E-state index contributed by atoms with van der Waals surface area (Å²) in [4.78, 5) is 10.8. The molecule has 1 N–H and O–H groups in total. The van der Waals surface area contributed by atoms with Crippen LogP contribution in [-0.4, -0.2) is 29.0 Å². The standard InChI is InChI=1S/C10H13F3O3/c1-4-6-5(2)9(3,10(11,12)13)16-7(6)8(14)15/h4-7H,1H2,2-3H3,(H,14,15)/t5-,6+,7+,9+/m0/s1. The highest BCUT2D eigenvalue weighted by Crippen LogP contribution is 2.49. The highest BCUT2D eigenvalue weighted by Gasteiger charge is 2.64. The number of ether oxygens (including phenoxy) is 1. The van der Waals surface area contributed by atoms with E-state index < -0.39 is 35.7 Å². The fraction of sp³-hybridized carbons (Fsp3) is 0.700. The first-order chi connectivity index (χ1) is 7.15. The lowest BCUT2D eigenvalue weighted by Crippen LogP contribution is -2.47. The van der Waals surface area contributed by atoms with Crippen molar-refractivity contribution in [3.8, 4) is 0 Å². The highest BCUT2D eigenvalue weighted by molar-refractivity contribution is 5.73. The van der Waals surface area contributed by atoms with Gasteiger partial charge in [-0.3, -0.25) is 0 Å². The monoisotopic (exact) mass is 238 g/mol. The topological polar surface area (TPSA) is 46.5 Å². The van der Waals surface area contributed by atoms with Gasteiger partial charge in [0, 0.05) is 11.8 Å². The van der Waals surface area contributed by atoms with Gasteiger partial charge in [-0.15, -0.1) is 6.58 Å². The van der Waals surface area contributed by atoms with E-state index in [1.165, 1.54) is 13.0 Å². The molecule has 0 radical (unpaired) electrons. The van der Waals surface area contributed by atoms with Gasteiger partial charge in [0.15, 0.2) is 11.7 Å². The molecule has 92 valence electrons. The number of halogens is 3. The number of carbonyl (C=O) groups is 1. The third kappa shape index (κ3) is 1.71. The van der Waals surface area contributed by atoms with Crippen molar-refractivity contribution in [1.82, 2.24) is 0 Å². The third-order valence-electron chi connectivity index (χ3n) is 3.25. The van der Waals surface area contributed by atoms with E-state index in [1.807, 2.05) is 0 Å². The summed E-state index contributed by atoms with van der Waals surface area (Å²) in [5.41, 5.74) is -2.44. The average molecular weight is 238 g/mol. The average Bonchev–Trinajstić information content (AvgIpc) is 2.40. The molecule has 0 unspecified atom stereocenters. The highest BCUT2D eigenvalue weighted by atomic mass is 19.4. The molecule has 1 aliphatic heterocycles. The first-order valence-electron chi connectivity index (χ1n) is 4.75. The Balaban J connectivity index is 3.12. The number of hydrogen-bond acceptors (Lipinski definition) is 2. The number of rotatable bonds is 2. The number of carboxylic acid groups (broad SMARTS) is 1. The van der Waals surface area contributed by atoms with Crippen molar-refractivity contribution in [2.24, 2.45) is 11.8 Å². The smallest absolute Gasteiger partial charge is 0.417 e. The van der Waals surface area contributed by atoms with Crippen molar-refractivity contribution in [2.75, 3.05) is 0 Å². The summed E-state index contributed by atoms with van der Waals surface area (Å²) >= 11 is 0. The molecule has 0 spiro atoms. The molecule has 0 aliphatic carbocycles. The molecule has 0 amide bonds. The van der Waals surface area contributed by atoms with Gasteiger partial charge >= 0.3 is 12.1 Å². The molecular formula is C10H13F3O3. The van der Waals surface area contributed by atoms with E-state index in [4.69, 9.17) is 9.84 Å². The van der Waals surface area contributed by atoms with Crippen LogP contribution in [0.5, 0.6) is 0 Å². The summed E-state index contributed by atoms with van der Waals surface area (Å²) in [5.74, 6) is -3.22. The van der Waals surface area contributed by atoms with Gasteiger partial charge in [-0.1, -0.05) is 13.0 Å². The lowest BCUT2D eigenvalue weighted by atomic mass is 9.81. The second-order valence-corrected chi connectivity index (χ2v) is 4.08. The molecule has 0 saturated carbocycles. The number of carboxylic acids is 1. The van der Waals surface area contributed by atoms with Gasteiger partial charge in [0.05, 0.1) is 0 Å². The number of alkyl halides is 3. The van der Waals surface area contributed by atoms with Crippen LogP contribution in [0, 0.1) is 11.8 Å². The largest absolute Gasteiger partial charge is 0.479 e. The fourth-order valence-electron chi connectivity index (χ4n) is 1.95. The maximum atomic E-state index is 12.8. The maximum absolute atomic E-state index is 12.8. The van der Waals surface area contributed by atoms with E-state index in [0.717, 1.165) is 6.92 Å². The molecule has 1 fully saturated rings. The van der Waals surface area contributed by atoms with Crippen molar-refractivity contribution < 1.29 is 27.8 Å². The van der Waals surface area contributed by atoms with Crippen LogP contribution >= 0.6 is 0 Å². The number of hydrogen-bond donors (Lipinski definition) is 1. The van der Waals surface area contributed by atoms with E-state index in [9.17, 15) is 18.0 Å². The third-order valence-corrected chi connectivity index (χ3v) is 3.25. The first-order valence-corrected chi connectivity index (χ1v) is 4.75. The molecule has 6 heteroatoms. The SMILES string of the molecule is C=C[C@H]1[C@H](C(=O)O)O[C@@](C)(C(F)(F)F)[C@H]1C. The van der Waals surface area contributed by atoms with Crippen LogP contribution in [0.1, 0.15) is 13.8 Å². The Bertz CT molecular complexity index is 313. The molecule has 0 aromatic carbocycles. The van der Waals surface area contributed by atoms with Crippen molar-refractivity contribution in [3.05, 3.63) is 12.7 Å². The van der Waals surface area contributed by atoms with E-state index in [2.05, 4.69) is 6.58 Å². The summed E-state index contributed by atoms with van der Waals surface area (Å²) in [6, 6.07) is 0. The Labute approximate surface area is 90.9 Å². The zero-order chi connectivity index (χ0) is 12.7. The van der Waals surface area contributed by atoms with Gasteiger partial charge in [-0.2, -0.15) is 13.2 Å². The zero-order valence-corrected chi connectivity index (χ0v) is 8.91. The quantitative estimate of drug-likeness (QED) is 0.750. The van der Waals surface area contributed by atoms with E-state index in [1.54, 1.807) is 0 Å². The molecule has 1 heterocycles. The minimum atomic E-state index is -4.60. The van der Waals surface area contributed by atoms with Crippen molar-refractivity contribution in [1.29, 1.82) is 0 Å². The number of aliphatic carboxylic acids is 1. The Morgan fingerprint density at radius 1 is 1.56 bits per heavy atom. The van der Waals surface area contributed by atoms with E-state index >= 15 is 0 Å². The lowest BCUT2D eigenvalue weighted by molar-refractivity contribution is -0.273. The van der Waals surface area contributed by atoms with Crippen LogP contribution < -0.4 is 0 Å². The van der Waals surface area contributed by atoms with Crippen LogP contribution in [0.3, 0.4) is 0 Å². The molecule has 1 rings (SSSR count). The minimum Gasteiger partial charge on any atom is -0.479 e. The Morgan fingerprint density at radius 2 is 2.06 bits per heavy atom. The Hall–Kier alpha value is -1.04. The van der Waals surface area contributed by atoms with E-state index in [-0.39, 0.29) is 0 Å². The van der Waals surface area contributed by atoms with Crippen molar-refractivity contribution >= 4 is 5.97 Å². The Kier molecular flexibility index (Phi) is 3.06. The van der Waals surface area contributed by atoms with Gasteiger partial charge in [0.25, 0.3) is 0 Å². The summed E-state index contributed by atoms with van der Waals surface area (Å²) in [6.07, 6.45) is -4.88. The molecule has 4 atom stereocenters. The minimum absolute atomic E-state index is 0.843. The predicted molar refractivity (Wildman–Crippen MR) is 49.8 cm³/mol. The molecule has 0 aromatic rings. The molecular weight excluding hydrogens is 225 g/mol. The van der Waals surface area contributed by atoms with Gasteiger partial charge in [0.2, 0.25) is 0 Å². The second-order valence-electron chi connectivity index (χ2n) is 4.08. The van der Waals surface area contributed by atoms with Gasteiger partial charge in [-0.05, 0) is 6.92 Å². The zero-order valence-electron chi connectivity index (χ0n) is 8.91. The van der Waals surface area contributed by atoms with Gasteiger partial charge < -0.3 is 9.84 Å². The van der Waals surface area contributed by atoms with E-state index in [0.29, 0.717) is 0 Å². The summed E-state index contributed by atoms with van der Waals surface area (Å²) < 4.78 is 43.1. The van der Waals surface area contributed by atoms with Crippen LogP contribution in [0.4, 0.5) is 13.2 Å². The van der Waals surface area contributed by atoms with Gasteiger partial charge in [0.1, 0.15) is 0 Å². The molecule has 3 nitrogen and oxygen atoms in total. The van der Waals surface area contributed by atoms with Crippen molar-refractivity contribution in [3.63, 3.8) is 0 Å².